The van der Waals surface area contributed by atoms with Crippen molar-refractivity contribution in [2.24, 2.45) is 5.41 Å². The van der Waals surface area contributed by atoms with Gasteiger partial charge < -0.3 is 15.0 Å². The number of ether oxygens (including phenoxy) is 1. The number of nitrogens with one attached hydrogen (secondary N) is 2. The van der Waals surface area contributed by atoms with Crippen LogP contribution in [0.5, 0.6) is 0 Å². The fraction of sp³-hybridized carbons (Fsp3) is 0.778. The predicted octanol–water partition coefficient (Wildman–Crippen LogP) is 1.06. The Hall–Kier alpha value is -1.71. The normalized spacial score (nSPS) is 19.4. The molecule has 10 heteroatoms. The van der Waals surface area contributed by atoms with E-state index >= 15 is 0 Å². The number of carbonyl (C=O) groups excluding carboxylic acids is 2. The number of aromatic nitrogens is 3. The van der Waals surface area contributed by atoms with E-state index in [1.165, 1.54) is 23.9 Å². The van der Waals surface area contributed by atoms with Gasteiger partial charge in [0.1, 0.15) is 12.9 Å². The molecule has 28 heavy (non-hydrogen) atoms. The number of hydrogen-bond donors (Lipinski definition) is 2. The molecule has 9 nitrogen and oxygen atoms in total. The SMILES string of the molecule is COCC1(C(=O)Nc2ncn(CC(=O)N3CCCCCC3)n2)CCNCC1.Cl. The lowest BCUT2D eigenvalue weighted by Gasteiger charge is -2.35. The zero-order valence-corrected chi connectivity index (χ0v) is 17.3. The van der Waals surface area contributed by atoms with Crippen molar-refractivity contribution in [3.8, 4) is 0 Å². The molecule has 0 saturated carbocycles. The summed E-state index contributed by atoms with van der Waals surface area (Å²) in [5.74, 6) is 0.161. The Balaban J connectivity index is 0.00000280. The van der Waals surface area contributed by atoms with Gasteiger partial charge in [0, 0.05) is 20.2 Å². The smallest absolute Gasteiger partial charge is 0.248 e. The van der Waals surface area contributed by atoms with E-state index in [-0.39, 0.29) is 36.7 Å². The zero-order valence-electron chi connectivity index (χ0n) is 16.5. The summed E-state index contributed by atoms with van der Waals surface area (Å²) in [6.45, 7) is 3.70. The summed E-state index contributed by atoms with van der Waals surface area (Å²) in [4.78, 5) is 31.3. The molecule has 2 saturated heterocycles. The van der Waals surface area contributed by atoms with Gasteiger partial charge >= 0.3 is 0 Å². The molecule has 3 heterocycles. The van der Waals surface area contributed by atoms with Crippen molar-refractivity contribution in [2.75, 3.05) is 45.2 Å². The number of nitrogens with zero attached hydrogens (tertiary/aromatic N) is 4. The summed E-state index contributed by atoms with van der Waals surface area (Å²) in [7, 11) is 1.61. The Morgan fingerprint density at radius 1 is 1.21 bits per heavy atom. The number of hydrogen-bond acceptors (Lipinski definition) is 6. The highest BCUT2D eigenvalue weighted by Gasteiger charge is 2.40. The van der Waals surface area contributed by atoms with E-state index in [9.17, 15) is 9.59 Å². The maximum absolute atomic E-state index is 12.8. The van der Waals surface area contributed by atoms with Crippen molar-refractivity contribution >= 4 is 30.2 Å². The third kappa shape index (κ3) is 5.65. The number of methoxy groups -OCH3 is 1. The van der Waals surface area contributed by atoms with Gasteiger partial charge in [-0.3, -0.25) is 14.9 Å². The molecule has 0 spiro atoms. The molecule has 0 unspecified atom stereocenters. The predicted molar refractivity (Wildman–Crippen MR) is 107 cm³/mol. The molecule has 2 fully saturated rings. The fourth-order valence-corrected chi connectivity index (χ4v) is 3.84. The van der Waals surface area contributed by atoms with Gasteiger partial charge in [0.15, 0.2) is 0 Å². The second-order valence-corrected chi connectivity index (χ2v) is 7.48. The lowest BCUT2D eigenvalue weighted by Crippen LogP contribution is -2.47. The molecule has 3 rings (SSSR count). The van der Waals surface area contributed by atoms with Gasteiger partial charge in [0.05, 0.1) is 12.0 Å². The topological polar surface area (TPSA) is 101 Å². The van der Waals surface area contributed by atoms with Crippen LogP contribution in [-0.2, 0) is 20.9 Å². The van der Waals surface area contributed by atoms with E-state index in [2.05, 4.69) is 20.7 Å². The minimum atomic E-state index is -0.562. The van der Waals surface area contributed by atoms with Crippen LogP contribution in [0.1, 0.15) is 38.5 Å². The summed E-state index contributed by atoms with van der Waals surface area (Å²) >= 11 is 0. The zero-order chi connectivity index (χ0) is 19.1. The molecule has 0 aliphatic carbocycles. The maximum atomic E-state index is 12.8. The summed E-state index contributed by atoms with van der Waals surface area (Å²) in [6.07, 6.45) is 7.39. The van der Waals surface area contributed by atoms with Gasteiger partial charge in [-0.15, -0.1) is 17.5 Å². The molecule has 1 aromatic rings. The molecule has 158 valence electrons. The van der Waals surface area contributed by atoms with Crippen molar-refractivity contribution in [3.05, 3.63) is 6.33 Å². The van der Waals surface area contributed by atoms with E-state index in [0.717, 1.165) is 39.0 Å². The summed E-state index contributed by atoms with van der Waals surface area (Å²) in [6, 6.07) is 0. The molecule has 2 amide bonds. The van der Waals surface area contributed by atoms with E-state index in [0.29, 0.717) is 19.4 Å². The van der Waals surface area contributed by atoms with E-state index in [1.807, 2.05) is 4.90 Å². The molecule has 0 bridgehead atoms. The number of piperidine rings is 1. The average molecular weight is 415 g/mol. The van der Waals surface area contributed by atoms with Gasteiger partial charge in [0.2, 0.25) is 17.8 Å². The summed E-state index contributed by atoms with van der Waals surface area (Å²) in [5, 5.41) is 10.3. The van der Waals surface area contributed by atoms with Gasteiger partial charge in [-0.25, -0.2) is 9.67 Å². The van der Waals surface area contributed by atoms with Crippen molar-refractivity contribution in [3.63, 3.8) is 0 Å². The highest BCUT2D eigenvalue weighted by atomic mass is 35.5. The lowest BCUT2D eigenvalue weighted by atomic mass is 9.79. The molecule has 2 aliphatic heterocycles. The maximum Gasteiger partial charge on any atom is 0.248 e. The van der Waals surface area contributed by atoms with Crippen molar-refractivity contribution in [1.29, 1.82) is 0 Å². The first-order chi connectivity index (χ1) is 13.1. The van der Waals surface area contributed by atoms with Crippen LogP contribution < -0.4 is 10.6 Å². The van der Waals surface area contributed by atoms with Crippen LogP contribution >= 0.6 is 12.4 Å². The van der Waals surface area contributed by atoms with Crippen molar-refractivity contribution in [1.82, 2.24) is 25.0 Å². The fourth-order valence-electron chi connectivity index (χ4n) is 3.84. The number of halogens is 1. The molecule has 0 aromatic carbocycles. The largest absolute Gasteiger partial charge is 0.384 e. The molecule has 2 aliphatic rings. The van der Waals surface area contributed by atoms with Crippen LogP contribution in [-0.4, -0.2) is 71.4 Å². The highest BCUT2D eigenvalue weighted by molar-refractivity contribution is 5.94. The molecular formula is C18H31ClN6O3. The Labute approximate surface area is 172 Å². The van der Waals surface area contributed by atoms with E-state index < -0.39 is 5.41 Å². The van der Waals surface area contributed by atoms with Crippen LogP contribution in [0.4, 0.5) is 5.95 Å². The number of rotatable bonds is 6. The van der Waals surface area contributed by atoms with E-state index in [1.54, 1.807) is 7.11 Å². The lowest BCUT2D eigenvalue weighted by molar-refractivity contribution is -0.132. The number of likely N-dealkylation sites (tertiary alicyclic amines) is 1. The van der Waals surface area contributed by atoms with Crippen LogP contribution in [0.15, 0.2) is 6.33 Å². The monoisotopic (exact) mass is 414 g/mol. The standard InChI is InChI=1S/C18H30N6O3.ClH/c1-27-13-18(6-8-19-9-7-18)16(26)21-17-20-14-24(22-17)12-15(25)23-10-4-2-3-5-11-23;/h14,19H,2-13H2,1H3,(H,21,22,26);1H. The third-order valence-corrected chi connectivity index (χ3v) is 5.48. The molecular weight excluding hydrogens is 384 g/mol. The third-order valence-electron chi connectivity index (χ3n) is 5.48. The minimum absolute atomic E-state index is 0. The minimum Gasteiger partial charge on any atom is -0.384 e. The van der Waals surface area contributed by atoms with Crippen LogP contribution in [0, 0.1) is 5.41 Å². The second-order valence-electron chi connectivity index (χ2n) is 7.48. The van der Waals surface area contributed by atoms with Gasteiger partial charge in [-0.05, 0) is 38.8 Å². The first kappa shape index (κ1) is 22.6. The highest BCUT2D eigenvalue weighted by Crippen LogP contribution is 2.30. The van der Waals surface area contributed by atoms with Crippen LogP contribution in [0.25, 0.3) is 0 Å². The molecule has 0 radical (unpaired) electrons. The number of carbonyl (C=O) groups is 2. The van der Waals surface area contributed by atoms with Crippen LogP contribution in [0.3, 0.4) is 0 Å². The Morgan fingerprint density at radius 3 is 2.54 bits per heavy atom. The van der Waals surface area contributed by atoms with Crippen molar-refractivity contribution < 1.29 is 14.3 Å². The second kappa shape index (κ2) is 10.7. The average Bonchev–Trinajstić information content (AvgIpc) is 2.93. The van der Waals surface area contributed by atoms with Gasteiger partial charge in [-0.2, -0.15) is 0 Å². The number of amides is 2. The van der Waals surface area contributed by atoms with Gasteiger partial charge in [-0.1, -0.05) is 12.8 Å². The quantitative estimate of drug-likeness (QED) is 0.721. The Bertz CT molecular complexity index is 634. The van der Waals surface area contributed by atoms with Gasteiger partial charge in [0.25, 0.3) is 0 Å². The van der Waals surface area contributed by atoms with Crippen LogP contribution in [0.2, 0.25) is 0 Å². The number of anilines is 1. The molecule has 0 atom stereocenters. The molecule has 2 N–H and O–H groups in total. The first-order valence-corrected chi connectivity index (χ1v) is 9.81. The Morgan fingerprint density at radius 2 is 1.89 bits per heavy atom. The Kier molecular flexibility index (Phi) is 8.65. The first-order valence-electron chi connectivity index (χ1n) is 9.81. The summed E-state index contributed by atoms with van der Waals surface area (Å²) < 4.78 is 6.79. The van der Waals surface area contributed by atoms with E-state index in [4.69, 9.17) is 4.74 Å². The molecule has 1 aromatic heterocycles. The van der Waals surface area contributed by atoms with Crippen molar-refractivity contribution in [2.45, 2.75) is 45.1 Å². The summed E-state index contributed by atoms with van der Waals surface area (Å²) in [5.41, 5.74) is -0.562.